The third kappa shape index (κ3) is 5.83. The molecule has 0 rings (SSSR count). The molecule has 4 nitrogen and oxygen atoms in total. The average molecular weight is 207 g/mol. The van der Waals surface area contributed by atoms with Crippen LogP contribution in [0.4, 0.5) is 0 Å². The molecule has 0 aliphatic heterocycles. The van der Waals surface area contributed by atoms with Gasteiger partial charge in [-0.1, -0.05) is 6.92 Å². The van der Waals surface area contributed by atoms with E-state index in [0.29, 0.717) is 6.16 Å². The van der Waals surface area contributed by atoms with E-state index in [2.05, 4.69) is 5.09 Å². The maximum Gasteiger partial charge on any atom is 0.323 e. The van der Waals surface area contributed by atoms with Gasteiger partial charge in [0, 0.05) is 6.16 Å². The molecule has 2 atom stereocenters. The van der Waals surface area contributed by atoms with E-state index in [1.807, 2.05) is 6.92 Å². The quantitative estimate of drug-likeness (QED) is 0.547. The molecule has 13 heavy (non-hydrogen) atoms. The highest BCUT2D eigenvalue weighted by molar-refractivity contribution is 7.42. The van der Waals surface area contributed by atoms with E-state index in [9.17, 15) is 9.36 Å². The number of carbonyl (C=O) groups excluding carboxylic acids is 1. The third-order valence-corrected chi connectivity index (χ3v) is 2.80. The van der Waals surface area contributed by atoms with E-state index in [-0.39, 0.29) is 12.1 Å². The molecule has 0 aromatic rings. The van der Waals surface area contributed by atoms with Gasteiger partial charge in [-0.3, -0.25) is 9.88 Å². The SMILES string of the molecule is CC[PH](=O)N[C@H](C)C(=O)OC(C)C. The van der Waals surface area contributed by atoms with E-state index in [1.165, 1.54) is 0 Å². The zero-order chi connectivity index (χ0) is 10.4. The predicted octanol–water partition coefficient (Wildman–Crippen LogP) is 1.41. The van der Waals surface area contributed by atoms with Crippen LogP contribution in [0.1, 0.15) is 27.7 Å². The molecular formula is C8H18NO3P. The Morgan fingerprint density at radius 3 is 2.38 bits per heavy atom. The summed E-state index contributed by atoms with van der Waals surface area (Å²) in [5.41, 5.74) is 0. The Balaban J connectivity index is 3.89. The van der Waals surface area contributed by atoms with Gasteiger partial charge < -0.3 is 9.30 Å². The van der Waals surface area contributed by atoms with Gasteiger partial charge in [0.15, 0.2) is 0 Å². The molecule has 0 amide bonds. The molecule has 0 aliphatic rings. The molecular weight excluding hydrogens is 189 g/mol. The first-order valence-corrected chi connectivity index (χ1v) is 6.08. The molecule has 0 aromatic carbocycles. The maximum atomic E-state index is 11.2. The van der Waals surface area contributed by atoms with E-state index in [4.69, 9.17) is 4.74 Å². The Morgan fingerprint density at radius 1 is 1.46 bits per heavy atom. The van der Waals surface area contributed by atoms with Crippen LogP contribution in [0.2, 0.25) is 0 Å². The van der Waals surface area contributed by atoms with Crippen molar-refractivity contribution in [3.8, 4) is 0 Å². The average Bonchev–Trinajstić information content (AvgIpc) is 2.02. The monoisotopic (exact) mass is 207 g/mol. The van der Waals surface area contributed by atoms with Gasteiger partial charge in [-0.05, 0) is 20.8 Å². The summed E-state index contributed by atoms with van der Waals surface area (Å²) < 4.78 is 16.0. The second kappa shape index (κ2) is 6.17. The van der Waals surface area contributed by atoms with Crippen LogP contribution in [0.5, 0.6) is 0 Å². The van der Waals surface area contributed by atoms with Gasteiger partial charge in [0.05, 0.1) is 6.10 Å². The topological polar surface area (TPSA) is 55.4 Å². The summed E-state index contributed by atoms with van der Waals surface area (Å²) in [5, 5.41) is 2.71. The zero-order valence-electron chi connectivity index (χ0n) is 8.59. The third-order valence-electron chi connectivity index (χ3n) is 1.40. The van der Waals surface area contributed by atoms with Gasteiger partial charge in [-0.15, -0.1) is 0 Å². The molecule has 0 saturated carbocycles. The Bertz CT molecular complexity index is 194. The Kier molecular flexibility index (Phi) is 6.00. The summed E-state index contributed by atoms with van der Waals surface area (Å²) in [6, 6.07) is -0.478. The van der Waals surface area contributed by atoms with Crippen molar-refractivity contribution in [2.24, 2.45) is 0 Å². The smallest absolute Gasteiger partial charge is 0.323 e. The van der Waals surface area contributed by atoms with Gasteiger partial charge >= 0.3 is 5.97 Å². The van der Waals surface area contributed by atoms with Crippen molar-refractivity contribution in [1.29, 1.82) is 0 Å². The predicted molar refractivity (Wildman–Crippen MR) is 53.4 cm³/mol. The second-order valence-electron chi connectivity index (χ2n) is 3.13. The van der Waals surface area contributed by atoms with Crippen LogP contribution in [0.3, 0.4) is 0 Å². The van der Waals surface area contributed by atoms with E-state index in [0.717, 1.165) is 0 Å². The Morgan fingerprint density at radius 2 is 2.00 bits per heavy atom. The molecule has 0 aromatic heterocycles. The Labute approximate surface area is 79.9 Å². The van der Waals surface area contributed by atoms with E-state index in [1.54, 1.807) is 20.8 Å². The first-order chi connectivity index (χ1) is 5.97. The lowest BCUT2D eigenvalue weighted by Gasteiger charge is -2.14. The van der Waals surface area contributed by atoms with Gasteiger partial charge in [0.1, 0.15) is 14.0 Å². The van der Waals surface area contributed by atoms with Crippen molar-refractivity contribution in [2.45, 2.75) is 39.8 Å². The van der Waals surface area contributed by atoms with E-state index >= 15 is 0 Å². The first kappa shape index (κ1) is 12.7. The van der Waals surface area contributed by atoms with Crippen molar-refractivity contribution < 1.29 is 14.1 Å². The van der Waals surface area contributed by atoms with Crippen molar-refractivity contribution in [2.75, 3.05) is 6.16 Å². The summed E-state index contributed by atoms with van der Waals surface area (Å²) in [6.45, 7) is 7.04. The molecule has 1 N–H and O–H groups in total. The minimum absolute atomic E-state index is 0.124. The maximum absolute atomic E-state index is 11.2. The van der Waals surface area contributed by atoms with Crippen LogP contribution in [-0.2, 0) is 14.1 Å². The fraction of sp³-hybridized carbons (Fsp3) is 0.875. The molecule has 0 saturated heterocycles. The number of rotatable bonds is 5. The lowest BCUT2D eigenvalue weighted by Crippen LogP contribution is -2.32. The summed E-state index contributed by atoms with van der Waals surface area (Å²) in [6.07, 6.45) is 0.435. The molecule has 0 fully saturated rings. The number of ether oxygens (including phenoxy) is 1. The lowest BCUT2D eigenvalue weighted by molar-refractivity contribution is -0.148. The van der Waals surface area contributed by atoms with Gasteiger partial charge in [-0.2, -0.15) is 0 Å². The van der Waals surface area contributed by atoms with Crippen LogP contribution in [0, 0.1) is 0 Å². The van der Waals surface area contributed by atoms with Crippen molar-refractivity contribution in [1.82, 2.24) is 5.09 Å². The molecule has 0 bridgehead atoms. The van der Waals surface area contributed by atoms with Crippen molar-refractivity contribution in [3.05, 3.63) is 0 Å². The number of hydrogen-bond donors (Lipinski definition) is 1. The number of esters is 1. The number of hydrogen-bond acceptors (Lipinski definition) is 3. The highest BCUT2D eigenvalue weighted by atomic mass is 31.1. The van der Waals surface area contributed by atoms with Crippen LogP contribution < -0.4 is 5.09 Å². The summed E-state index contributed by atoms with van der Waals surface area (Å²) in [4.78, 5) is 11.2. The number of carbonyl (C=O) groups is 1. The van der Waals surface area contributed by atoms with Crippen molar-refractivity contribution >= 4 is 13.9 Å². The standard InChI is InChI=1S/C8H18NO3P/c1-5-13(11)9-7(4)8(10)12-6(2)3/h6-7,13H,5H2,1-4H3,(H,9,11)/t7-/m1/s1. The minimum Gasteiger partial charge on any atom is -0.462 e. The van der Waals surface area contributed by atoms with Gasteiger partial charge in [0.2, 0.25) is 0 Å². The second-order valence-corrected chi connectivity index (χ2v) is 4.97. The molecule has 0 aliphatic carbocycles. The fourth-order valence-electron chi connectivity index (χ4n) is 0.737. The zero-order valence-corrected chi connectivity index (χ0v) is 9.59. The summed E-state index contributed by atoms with van der Waals surface area (Å²) in [5.74, 6) is -0.346. The normalized spacial score (nSPS) is 15.5. The lowest BCUT2D eigenvalue weighted by atomic mass is 10.4. The molecule has 1 unspecified atom stereocenters. The van der Waals surface area contributed by atoms with Crippen LogP contribution in [-0.4, -0.2) is 24.3 Å². The van der Waals surface area contributed by atoms with Crippen LogP contribution >= 0.6 is 7.95 Å². The molecule has 78 valence electrons. The summed E-state index contributed by atoms with van der Waals surface area (Å²) >= 11 is 0. The van der Waals surface area contributed by atoms with Gasteiger partial charge in [-0.25, -0.2) is 0 Å². The van der Waals surface area contributed by atoms with Crippen LogP contribution in [0.25, 0.3) is 0 Å². The Hall–Kier alpha value is -0.340. The highest BCUT2D eigenvalue weighted by Gasteiger charge is 2.16. The highest BCUT2D eigenvalue weighted by Crippen LogP contribution is 2.14. The largest absolute Gasteiger partial charge is 0.462 e. The molecule has 0 spiro atoms. The first-order valence-electron chi connectivity index (χ1n) is 4.47. The van der Waals surface area contributed by atoms with E-state index < -0.39 is 14.0 Å². The fourth-order valence-corrected chi connectivity index (χ4v) is 1.54. The van der Waals surface area contributed by atoms with Gasteiger partial charge in [0.25, 0.3) is 0 Å². The molecule has 0 heterocycles. The minimum atomic E-state index is -1.81. The van der Waals surface area contributed by atoms with Crippen molar-refractivity contribution in [3.63, 3.8) is 0 Å². The summed E-state index contributed by atoms with van der Waals surface area (Å²) in [7, 11) is -1.81. The molecule has 5 heteroatoms. The number of nitrogens with one attached hydrogen (secondary N) is 1. The molecule has 0 radical (unpaired) electrons. The van der Waals surface area contributed by atoms with Crippen LogP contribution in [0.15, 0.2) is 0 Å².